The first-order valence-electron chi connectivity index (χ1n) is 10.7. The monoisotopic (exact) mass is 468 g/mol. The van der Waals surface area contributed by atoms with Gasteiger partial charge in [0.05, 0.1) is 41.0 Å². The van der Waals surface area contributed by atoms with Crippen LogP contribution in [0.4, 0.5) is 5.95 Å². The van der Waals surface area contributed by atoms with Crippen molar-refractivity contribution in [3.63, 3.8) is 0 Å². The highest BCUT2D eigenvalue weighted by Gasteiger charge is 2.18. The first-order chi connectivity index (χ1) is 16.2. The van der Waals surface area contributed by atoms with Crippen molar-refractivity contribution in [2.75, 3.05) is 5.73 Å². The number of benzene rings is 1. The predicted octanol–water partition coefficient (Wildman–Crippen LogP) is 4.77. The number of nitrogens with zero attached hydrogens (tertiary/aromatic N) is 5. The zero-order valence-corrected chi connectivity index (χ0v) is 20.0. The Balaban J connectivity index is 1.68. The summed E-state index contributed by atoms with van der Waals surface area (Å²) in [7, 11) is 0. The van der Waals surface area contributed by atoms with Crippen molar-refractivity contribution in [2.24, 2.45) is 0 Å². The number of hydrogen-bond donors (Lipinski definition) is 2. The van der Waals surface area contributed by atoms with E-state index in [2.05, 4.69) is 21.0 Å². The van der Waals surface area contributed by atoms with Gasteiger partial charge in [-0.2, -0.15) is 5.26 Å². The summed E-state index contributed by atoms with van der Waals surface area (Å²) in [6.07, 6.45) is 1.88. The predicted molar refractivity (Wildman–Crippen MR) is 134 cm³/mol. The molecule has 1 aromatic carbocycles. The molecule has 4 aromatic rings. The van der Waals surface area contributed by atoms with E-state index in [1.165, 1.54) is 0 Å². The molecule has 7 nitrogen and oxygen atoms in total. The van der Waals surface area contributed by atoms with Gasteiger partial charge in [0.2, 0.25) is 5.95 Å². The average molecular weight is 469 g/mol. The lowest BCUT2D eigenvalue weighted by Gasteiger charge is -2.17. The molecule has 0 amide bonds. The van der Waals surface area contributed by atoms with Crippen LogP contribution in [0.1, 0.15) is 36.4 Å². The van der Waals surface area contributed by atoms with Crippen molar-refractivity contribution in [2.45, 2.75) is 32.9 Å². The maximum Gasteiger partial charge on any atom is 0.221 e. The smallest absolute Gasteiger partial charge is 0.221 e. The molecule has 0 aliphatic carbocycles. The lowest BCUT2D eigenvalue weighted by Crippen LogP contribution is -2.18. The minimum Gasteiger partial charge on any atom is -0.384 e. The van der Waals surface area contributed by atoms with E-state index in [4.69, 9.17) is 18.0 Å². The number of nitrogens with two attached hydrogens (primary N) is 1. The topological polar surface area (TPSA) is 114 Å². The summed E-state index contributed by atoms with van der Waals surface area (Å²) in [5.41, 5.74) is 10.8. The van der Waals surface area contributed by atoms with Crippen LogP contribution in [0.3, 0.4) is 0 Å². The fraction of sp³-hybridized carbons (Fsp3) is 0.192. The van der Waals surface area contributed by atoms with Crippen molar-refractivity contribution in [3.05, 3.63) is 87.9 Å². The third kappa shape index (κ3) is 4.86. The van der Waals surface area contributed by atoms with Crippen molar-refractivity contribution in [3.8, 4) is 28.6 Å². The van der Waals surface area contributed by atoms with Gasteiger partial charge in [0, 0.05) is 17.3 Å². The number of rotatable bonds is 5. The molecule has 8 heteroatoms. The Kier molecular flexibility index (Phi) is 6.24. The SMILES string of the molecule is Cc1c(C#N)cccc1-c1cc(-c2ccn(Cc3cccc(C(C)(C)O)n3)c(=S)c2)nc(N)n1. The molecule has 34 heavy (non-hydrogen) atoms. The zero-order chi connectivity index (χ0) is 24.5. The minimum atomic E-state index is -1.02. The van der Waals surface area contributed by atoms with Crippen LogP contribution < -0.4 is 5.73 Å². The second-order valence-corrected chi connectivity index (χ2v) is 8.96. The van der Waals surface area contributed by atoms with Crippen molar-refractivity contribution < 1.29 is 5.11 Å². The lowest BCUT2D eigenvalue weighted by atomic mass is 9.99. The van der Waals surface area contributed by atoms with Crippen LogP contribution in [0, 0.1) is 22.9 Å². The molecule has 3 heterocycles. The number of aromatic nitrogens is 4. The molecule has 0 saturated carbocycles. The molecule has 3 N–H and O–H groups in total. The molecule has 0 saturated heterocycles. The van der Waals surface area contributed by atoms with Crippen LogP contribution in [0.25, 0.3) is 22.5 Å². The zero-order valence-electron chi connectivity index (χ0n) is 19.1. The Morgan fingerprint density at radius 3 is 2.50 bits per heavy atom. The Bertz CT molecular complexity index is 1480. The van der Waals surface area contributed by atoms with E-state index in [1.54, 1.807) is 26.0 Å². The first-order valence-corrected chi connectivity index (χ1v) is 11.1. The summed E-state index contributed by atoms with van der Waals surface area (Å²) >= 11 is 5.63. The summed E-state index contributed by atoms with van der Waals surface area (Å²) in [6, 6.07) is 18.9. The van der Waals surface area contributed by atoms with Gasteiger partial charge in [0.25, 0.3) is 0 Å². The minimum absolute atomic E-state index is 0.143. The fourth-order valence-corrected chi connectivity index (χ4v) is 3.92. The van der Waals surface area contributed by atoms with E-state index < -0.39 is 5.60 Å². The summed E-state index contributed by atoms with van der Waals surface area (Å²) in [6.45, 7) is 5.78. The largest absolute Gasteiger partial charge is 0.384 e. The summed E-state index contributed by atoms with van der Waals surface area (Å²) in [5.74, 6) is 0.143. The van der Waals surface area contributed by atoms with Crippen molar-refractivity contribution >= 4 is 18.2 Å². The van der Waals surface area contributed by atoms with Crippen molar-refractivity contribution in [1.82, 2.24) is 19.5 Å². The molecule has 0 spiro atoms. The second kappa shape index (κ2) is 9.14. The normalized spacial score (nSPS) is 11.3. The molecule has 3 aromatic heterocycles. The molecule has 170 valence electrons. The van der Waals surface area contributed by atoms with Gasteiger partial charge in [-0.3, -0.25) is 4.98 Å². The molecular weight excluding hydrogens is 444 g/mol. The van der Waals surface area contributed by atoms with Gasteiger partial charge < -0.3 is 15.4 Å². The maximum atomic E-state index is 10.2. The fourth-order valence-electron chi connectivity index (χ4n) is 3.67. The number of aliphatic hydroxyl groups is 1. The van der Waals surface area contributed by atoms with Crippen LogP contribution in [0.2, 0.25) is 0 Å². The number of anilines is 1. The maximum absolute atomic E-state index is 10.2. The number of pyridine rings is 2. The van der Waals surface area contributed by atoms with E-state index in [-0.39, 0.29) is 5.95 Å². The highest BCUT2D eigenvalue weighted by atomic mass is 32.1. The van der Waals surface area contributed by atoms with Crippen LogP contribution >= 0.6 is 12.2 Å². The Morgan fingerprint density at radius 1 is 1.06 bits per heavy atom. The molecule has 0 bridgehead atoms. The molecule has 0 atom stereocenters. The molecule has 0 unspecified atom stereocenters. The molecule has 0 aliphatic heterocycles. The standard InChI is InChI=1S/C26H24N6OS/c1-16-18(14-27)6-4-8-20(16)22-13-21(30-25(28)31-22)17-10-11-32(24(34)12-17)15-19-7-5-9-23(29-19)26(2,3)33/h4-13,33H,15H2,1-3H3,(H2,28,30,31). The molecule has 0 fully saturated rings. The van der Waals surface area contributed by atoms with E-state index in [1.807, 2.05) is 60.2 Å². The molecule has 4 rings (SSSR count). The van der Waals surface area contributed by atoms with Gasteiger partial charge in [-0.15, -0.1) is 0 Å². The van der Waals surface area contributed by atoms with Gasteiger partial charge in [0.15, 0.2) is 0 Å². The first kappa shape index (κ1) is 23.2. The quantitative estimate of drug-likeness (QED) is 0.405. The Hall–Kier alpha value is -3.93. The molecule has 0 aliphatic rings. The van der Waals surface area contributed by atoms with Gasteiger partial charge in [-0.1, -0.05) is 30.4 Å². The van der Waals surface area contributed by atoms with E-state index in [0.717, 1.165) is 22.4 Å². The Labute approximate surface area is 203 Å². The highest BCUT2D eigenvalue weighted by molar-refractivity contribution is 7.71. The summed E-state index contributed by atoms with van der Waals surface area (Å²) < 4.78 is 2.51. The number of nitrogen functional groups attached to an aromatic ring is 1. The van der Waals surface area contributed by atoms with E-state index in [9.17, 15) is 10.4 Å². The number of hydrogen-bond acceptors (Lipinski definition) is 7. The van der Waals surface area contributed by atoms with Gasteiger partial charge in [0.1, 0.15) is 10.2 Å². The van der Waals surface area contributed by atoms with E-state index >= 15 is 0 Å². The average Bonchev–Trinajstić information content (AvgIpc) is 2.80. The second-order valence-electron chi connectivity index (χ2n) is 8.54. The van der Waals surface area contributed by atoms with Gasteiger partial charge in [-0.25, -0.2) is 9.97 Å². The van der Waals surface area contributed by atoms with Crippen LogP contribution in [-0.2, 0) is 12.1 Å². The van der Waals surface area contributed by atoms with Gasteiger partial charge in [-0.05, 0) is 62.7 Å². The van der Waals surface area contributed by atoms with Crippen LogP contribution in [0.5, 0.6) is 0 Å². The number of nitriles is 1. The molecular formula is C26H24N6OS. The third-order valence-corrected chi connectivity index (χ3v) is 5.88. The third-order valence-electron chi connectivity index (χ3n) is 5.53. The van der Waals surface area contributed by atoms with Crippen LogP contribution in [0.15, 0.2) is 60.8 Å². The van der Waals surface area contributed by atoms with Crippen molar-refractivity contribution in [1.29, 1.82) is 5.26 Å². The Morgan fingerprint density at radius 2 is 1.79 bits per heavy atom. The van der Waals surface area contributed by atoms with Crippen LogP contribution in [-0.4, -0.2) is 24.6 Å². The summed E-state index contributed by atoms with van der Waals surface area (Å²) in [5, 5.41) is 19.6. The molecule has 0 radical (unpaired) electrons. The van der Waals surface area contributed by atoms with E-state index in [0.29, 0.717) is 33.8 Å². The lowest BCUT2D eigenvalue weighted by molar-refractivity contribution is 0.0736. The highest BCUT2D eigenvalue weighted by Crippen LogP contribution is 2.28. The van der Waals surface area contributed by atoms with Gasteiger partial charge >= 0.3 is 0 Å². The summed E-state index contributed by atoms with van der Waals surface area (Å²) in [4.78, 5) is 13.4.